The molecule has 6 heavy (non-hydrogen) atoms. The van der Waals surface area contributed by atoms with Crippen LogP contribution in [0.1, 0.15) is 0 Å². The van der Waals surface area contributed by atoms with Gasteiger partial charge in [0.25, 0.3) is 0 Å². The summed E-state index contributed by atoms with van der Waals surface area (Å²) in [6, 6.07) is 1.98. The predicted octanol–water partition coefficient (Wildman–Crippen LogP) is 0.0734. The molecule has 2 heteroatoms. The molecule has 0 aliphatic heterocycles. The summed E-state index contributed by atoms with van der Waals surface area (Å²) in [7, 11) is 0. The van der Waals surface area contributed by atoms with E-state index in [1.165, 1.54) is 2.81 Å². The molecule has 0 bridgehead atoms. The van der Waals surface area contributed by atoms with E-state index in [1.54, 1.807) is 12.5 Å². The van der Waals surface area contributed by atoms with Crippen molar-refractivity contribution in [1.29, 1.82) is 0 Å². The van der Waals surface area contributed by atoms with E-state index < -0.39 is 0 Å². The normalized spacial score (nSPS) is 9.00. The van der Waals surface area contributed by atoms with Crippen LogP contribution >= 0.6 is 0 Å². The van der Waals surface area contributed by atoms with Gasteiger partial charge in [-0.15, -0.1) is 0 Å². The Balaban J connectivity index is 3.05. The van der Waals surface area contributed by atoms with Crippen molar-refractivity contribution in [2.45, 2.75) is 0 Å². The number of furan rings is 1. The summed E-state index contributed by atoms with van der Waals surface area (Å²) in [6.45, 7) is 0. The van der Waals surface area contributed by atoms with Gasteiger partial charge < -0.3 is 0 Å². The molecule has 1 rings (SSSR count). The third-order valence-corrected chi connectivity index (χ3v) is 1.23. The second-order valence-electron chi connectivity index (χ2n) is 1.30. The minimum absolute atomic E-state index is 1.10. The molecule has 0 N–H and O–H groups in total. The van der Waals surface area contributed by atoms with Crippen LogP contribution in [0.2, 0.25) is 0 Å². The summed E-state index contributed by atoms with van der Waals surface area (Å²) in [5, 5.41) is 0. The van der Waals surface area contributed by atoms with Gasteiger partial charge in [0.1, 0.15) is 0 Å². The second kappa shape index (κ2) is 1.82. The van der Waals surface area contributed by atoms with Gasteiger partial charge in [-0.2, -0.15) is 0 Å². The Kier molecular flexibility index (Phi) is 1.35. The van der Waals surface area contributed by atoms with Crippen molar-refractivity contribution < 1.29 is 4.42 Å². The summed E-state index contributed by atoms with van der Waals surface area (Å²) in [4.78, 5) is 0. The number of rotatable bonds is 0. The van der Waals surface area contributed by atoms with E-state index in [0.29, 0.717) is 0 Å². The van der Waals surface area contributed by atoms with E-state index in [9.17, 15) is 0 Å². The van der Waals surface area contributed by atoms with Gasteiger partial charge in [0.05, 0.1) is 0 Å². The van der Waals surface area contributed by atoms with Crippen LogP contribution in [-0.4, -0.2) is 27.9 Å². The zero-order valence-corrected chi connectivity index (χ0v) is 5.64. The molecule has 1 aromatic rings. The first-order chi connectivity index (χ1) is 2.89. The molecule has 0 atom stereocenters. The standard InChI is InChI=1S/C4H3O.Na/c1-2-4-5-3-1;/h1,3-4H;. The van der Waals surface area contributed by atoms with Crippen molar-refractivity contribution in [2.75, 3.05) is 0 Å². The summed E-state index contributed by atoms with van der Waals surface area (Å²) in [5.41, 5.74) is 0. The first-order valence-corrected chi connectivity index (χ1v) is 2.88. The molecule has 26 valence electrons. The predicted molar refractivity (Wildman–Crippen MR) is 24.1 cm³/mol. The van der Waals surface area contributed by atoms with Gasteiger partial charge in [-0.25, -0.2) is 0 Å². The third-order valence-electron chi connectivity index (χ3n) is 0.663. The van der Waals surface area contributed by atoms with Crippen LogP contribution in [0.3, 0.4) is 0 Å². The van der Waals surface area contributed by atoms with Gasteiger partial charge in [-0.1, -0.05) is 0 Å². The molecule has 0 aliphatic carbocycles. The van der Waals surface area contributed by atoms with Gasteiger partial charge in [-0.05, 0) is 0 Å². The second-order valence-corrected chi connectivity index (χ2v) is 2.46. The van der Waals surface area contributed by atoms with E-state index in [1.807, 2.05) is 6.07 Å². The van der Waals surface area contributed by atoms with E-state index in [4.69, 9.17) is 4.42 Å². The van der Waals surface area contributed by atoms with Crippen LogP contribution < -0.4 is 2.81 Å². The average Bonchev–Trinajstić information content (AvgIpc) is 1.86. The van der Waals surface area contributed by atoms with Crippen molar-refractivity contribution >= 4 is 30.7 Å². The molecule has 0 fully saturated rings. The molecular formula is C4H3NaO. The Morgan fingerprint density at radius 3 is 2.67 bits per heavy atom. The van der Waals surface area contributed by atoms with Crippen molar-refractivity contribution in [1.82, 2.24) is 0 Å². The van der Waals surface area contributed by atoms with Crippen molar-refractivity contribution in [3.63, 3.8) is 0 Å². The van der Waals surface area contributed by atoms with Gasteiger partial charge in [0.15, 0.2) is 0 Å². The zero-order valence-electron chi connectivity index (χ0n) is 3.64. The van der Waals surface area contributed by atoms with Crippen molar-refractivity contribution in [3.05, 3.63) is 18.6 Å². The molecular weight excluding hydrogens is 87.0 g/mol. The van der Waals surface area contributed by atoms with Crippen molar-refractivity contribution in [2.24, 2.45) is 0 Å². The van der Waals surface area contributed by atoms with Gasteiger partial charge in [0, 0.05) is 0 Å². The quantitative estimate of drug-likeness (QED) is 0.411. The fourth-order valence-electron chi connectivity index (χ4n) is 0.333. The average molecular weight is 90.1 g/mol. The molecule has 1 aromatic heterocycles. The first kappa shape index (κ1) is 4.44. The Morgan fingerprint density at radius 2 is 2.50 bits per heavy atom. The minimum atomic E-state index is 1.10. The molecule has 1 nitrogen and oxygen atoms in total. The Morgan fingerprint density at radius 1 is 1.67 bits per heavy atom. The molecule has 0 amide bonds. The monoisotopic (exact) mass is 90.0 g/mol. The van der Waals surface area contributed by atoms with Gasteiger partial charge in [-0.3, -0.25) is 0 Å². The van der Waals surface area contributed by atoms with Crippen LogP contribution in [0.4, 0.5) is 0 Å². The zero-order chi connectivity index (χ0) is 4.41. The van der Waals surface area contributed by atoms with Crippen LogP contribution in [0, 0.1) is 0 Å². The SMILES string of the molecule is [Na][c]1ccoc1. The van der Waals surface area contributed by atoms with Crippen LogP contribution in [0.15, 0.2) is 23.0 Å². The van der Waals surface area contributed by atoms with E-state index in [-0.39, 0.29) is 0 Å². The molecule has 0 spiro atoms. The fourth-order valence-corrected chi connectivity index (χ4v) is 0.605. The van der Waals surface area contributed by atoms with Crippen LogP contribution in [0.25, 0.3) is 0 Å². The van der Waals surface area contributed by atoms with Gasteiger partial charge in [0.2, 0.25) is 0 Å². The summed E-state index contributed by atoms with van der Waals surface area (Å²) >= 11 is 1.10. The Bertz CT molecular complexity index is 111. The topological polar surface area (TPSA) is 13.1 Å². The van der Waals surface area contributed by atoms with Crippen LogP contribution in [-0.2, 0) is 0 Å². The summed E-state index contributed by atoms with van der Waals surface area (Å²) < 4.78 is 6.06. The van der Waals surface area contributed by atoms with Crippen molar-refractivity contribution in [3.8, 4) is 0 Å². The molecule has 0 saturated heterocycles. The Labute approximate surface area is 53.8 Å². The van der Waals surface area contributed by atoms with E-state index >= 15 is 0 Å². The maximum atomic E-state index is 4.75. The van der Waals surface area contributed by atoms with Crippen LogP contribution in [0.5, 0.6) is 0 Å². The van der Waals surface area contributed by atoms with E-state index in [2.05, 4.69) is 0 Å². The fraction of sp³-hybridized carbons (Fsp3) is 0. The molecule has 0 unspecified atom stereocenters. The molecule has 0 aromatic carbocycles. The summed E-state index contributed by atoms with van der Waals surface area (Å²) in [5.74, 6) is 0. The number of hydrogen-bond donors (Lipinski definition) is 0. The molecule has 0 saturated carbocycles. The maximum absolute atomic E-state index is 4.75. The number of hydrogen-bond acceptors (Lipinski definition) is 1. The summed E-state index contributed by atoms with van der Waals surface area (Å²) in [6.07, 6.45) is 3.47. The Hall–Kier alpha value is 0.280. The molecule has 0 aliphatic rings. The first-order valence-electron chi connectivity index (χ1n) is 1.88. The third kappa shape index (κ3) is 0.869. The molecule has 0 radical (unpaired) electrons. The van der Waals surface area contributed by atoms with E-state index in [0.717, 1.165) is 27.9 Å². The van der Waals surface area contributed by atoms with Gasteiger partial charge >= 0.3 is 53.8 Å². The molecule has 1 heterocycles.